The average Bonchev–Trinajstić information content (AvgIpc) is 3.02. The van der Waals surface area contributed by atoms with Gasteiger partial charge in [0.05, 0.1) is 23.0 Å². The Kier molecular flexibility index (Phi) is 5.18. The number of hydrogen-bond acceptors (Lipinski definition) is 4. The smallest absolute Gasteiger partial charge is 0.335 e. The van der Waals surface area contributed by atoms with Gasteiger partial charge in [0.2, 0.25) is 0 Å². The van der Waals surface area contributed by atoms with Crippen molar-refractivity contribution in [1.82, 2.24) is 0 Å². The lowest BCUT2D eigenvalue weighted by atomic mass is 10.0. The minimum atomic E-state index is -1.11. The van der Waals surface area contributed by atoms with Crippen LogP contribution in [0.1, 0.15) is 36.6 Å². The number of benzene rings is 2. The van der Waals surface area contributed by atoms with Gasteiger partial charge in [0, 0.05) is 5.39 Å². The van der Waals surface area contributed by atoms with Crippen LogP contribution < -0.4 is 0 Å². The van der Waals surface area contributed by atoms with Crippen LogP contribution in [0.2, 0.25) is 0 Å². The second-order valence-corrected chi connectivity index (χ2v) is 5.07. The van der Waals surface area contributed by atoms with Gasteiger partial charge in [-0.2, -0.15) is 0 Å². The zero-order valence-electron chi connectivity index (χ0n) is 13.1. The maximum atomic E-state index is 10.6. The van der Waals surface area contributed by atoms with Gasteiger partial charge in [-0.25, -0.2) is 14.4 Å². The molecule has 0 spiro atoms. The number of fused-ring (bicyclic) bond motifs is 1. The van der Waals surface area contributed by atoms with E-state index in [1.54, 1.807) is 18.2 Å². The lowest BCUT2D eigenvalue weighted by Crippen LogP contribution is -2.06. The minimum Gasteiger partial charge on any atom is -0.478 e. The van der Waals surface area contributed by atoms with Crippen molar-refractivity contribution in [3.63, 3.8) is 0 Å². The zero-order chi connectivity index (χ0) is 18.6. The summed E-state index contributed by atoms with van der Waals surface area (Å²) in [5.74, 6) is -3.14. The van der Waals surface area contributed by atoms with Crippen molar-refractivity contribution in [3.8, 4) is 0 Å². The van der Waals surface area contributed by atoms with Crippen LogP contribution in [0.25, 0.3) is 11.0 Å². The normalized spacial score (nSPS) is 9.96. The third kappa shape index (κ3) is 4.03. The van der Waals surface area contributed by atoms with Crippen LogP contribution in [0.3, 0.4) is 0 Å². The van der Waals surface area contributed by atoms with Gasteiger partial charge in [-0.1, -0.05) is 6.07 Å². The quantitative estimate of drug-likeness (QED) is 0.665. The molecule has 128 valence electrons. The van der Waals surface area contributed by atoms with Gasteiger partial charge < -0.3 is 19.7 Å². The molecular formula is C18H14O7. The fourth-order valence-electron chi connectivity index (χ4n) is 2.20. The molecular weight excluding hydrogens is 328 g/mol. The summed E-state index contributed by atoms with van der Waals surface area (Å²) >= 11 is 0. The van der Waals surface area contributed by atoms with Crippen molar-refractivity contribution >= 4 is 28.9 Å². The summed E-state index contributed by atoms with van der Waals surface area (Å²) in [6.07, 6.45) is 1.54. The minimum absolute atomic E-state index is 0.0277. The van der Waals surface area contributed by atoms with E-state index in [0.717, 1.165) is 5.39 Å². The van der Waals surface area contributed by atoms with E-state index in [2.05, 4.69) is 0 Å². The summed E-state index contributed by atoms with van der Waals surface area (Å²) in [5, 5.41) is 26.8. The summed E-state index contributed by atoms with van der Waals surface area (Å²) in [6, 6.07) is 10.7. The Hall–Kier alpha value is -3.61. The molecule has 1 aromatic heterocycles. The number of hydrogen-bond donors (Lipinski definition) is 3. The molecule has 0 aliphatic rings. The molecule has 0 saturated heterocycles. The number of rotatable bonds is 3. The van der Waals surface area contributed by atoms with E-state index in [1.807, 2.05) is 0 Å². The van der Waals surface area contributed by atoms with E-state index in [4.69, 9.17) is 19.7 Å². The molecule has 0 atom stereocenters. The molecule has 0 amide bonds. The molecule has 0 saturated carbocycles. The molecule has 7 nitrogen and oxygen atoms in total. The summed E-state index contributed by atoms with van der Waals surface area (Å²) in [6.45, 7) is 1.48. The van der Waals surface area contributed by atoms with Crippen molar-refractivity contribution in [2.75, 3.05) is 0 Å². The standard InChI is InChI=1S/C9H8O4.C9H6O3/c1-5-6(8(10)11)3-2-4-7(5)9(12)13;10-9(11)7-1-2-8-6(5-7)3-4-12-8/h2-4H,1H3,(H,10,11)(H,12,13);1-5H,(H,10,11). The molecule has 3 aromatic rings. The molecule has 0 unspecified atom stereocenters. The Labute approximate surface area is 141 Å². The number of furan rings is 1. The molecule has 0 bridgehead atoms. The van der Waals surface area contributed by atoms with Crippen molar-refractivity contribution in [1.29, 1.82) is 0 Å². The first-order chi connectivity index (χ1) is 11.8. The molecule has 0 aliphatic carbocycles. The summed E-state index contributed by atoms with van der Waals surface area (Å²) in [4.78, 5) is 31.7. The van der Waals surface area contributed by atoms with Crippen LogP contribution in [0, 0.1) is 6.92 Å². The van der Waals surface area contributed by atoms with Crippen molar-refractivity contribution in [3.05, 3.63) is 71.0 Å². The van der Waals surface area contributed by atoms with Crippen LogP contribution in [0.5, 0.6) is 0 Å². The summed E-state index contributed by atoms with van der Waals surface area (Å²) < 4.78 is 5.06. The maximum absolute atomic E-state index is 10.6. The highest BCUT2D eigenvalue weighted by molar-refractivity contribution is 5.96. The van der Waals surface area contributed by atoms with E-state index in [9.17, 15) is 14.4 Å². The number of aromatic carboxylic acids is 3. The molecule has 0 fully saturated rings. The fraction of sp³-hybridized carbons (Fsp3) is 0.0556. The Bertz CT molecular complexity index is 921. The van der Waals surface area contributed by atoms with E-state index in [1.165, 1.54) is 37.5 Å². The summed E-state index contributed by atoms with van der Waals surface area (Å²) in [7, 11) is 0. The third-order valence-corrected chi connectivity index (χ3v) is 3.49. The first-order valence-corrected chi connectivity index (χ1v) is 7.08. The van der Waals surface area contributed by atoms with Crippen LogP contribution >= 0.6 is 0 Å². The highest BCUT2D eigenvalue weighted by Gasteiger charge is 2.13. The maximum Gasteiger partial charge on any atom is 0.335 e. The molecule has 3 N–H and O–H groups in total. The molecule has 0 aliphatic heterocycles. The Morgan fingerprint density at radius 3 is 1.96 bits per heavy atom. The highest BCUT2D eigenvalue weighted by Crippen LogP contribution is 2.16. The van der Waals surface area contributed by atoms with E-state index in [-0.39, 0.29) is 22.3 Å². The Balaban J connectivity index is 0.000000181. The third-order valence-electron chi connectivity index (χ3n) is 3.49. The molecule has 7 heteroatoms. The average molecular weight is 342 g/mol. The van der Waals surface area contributed by atoms with Crippen molar-refractivity contribution < 1.29 is 34.1 Å². The van der Waals surface area contributed by atoms with Crippen LogP contribution in [-0.4, -0.2) is 33.2 Å². The second-order valence-electron chi connectivity index (χ2n) is 5.07. The van der Waals surface area contributed by atoms with Crippen LogP contribution in [0.4, 0.5) is 0 Å². The number of carbonyl (C=O) groups is 3. The Morgan fingerprint density at radius 1 is 0.840 bits per heavy atom. The molecule has 1 heterocycles. The van der Waals surface area contributed by atoms with Gasteiger partial charge in [-0.3, -0.25) is 0 Å². The van der Waals surface area contributed by atoms with Gasteiger partial charge in [-0.05, 0) is 48.9 Å². The van der Waals surface area contributed by atoms with Gasteiger partial charge in [0.25, 0.3) is 0 Å². The first kappa shape index (κ1) is 17.7. The lowest BCUT2D eigenvalue weighted by Gasteiger charge is -2.03. The SMILES string of the molecule is Cc1c(C(=O)O)cccc1C(=O)O.O=C(O)c1ccc2occc2c1. The molecule has 3 rings (SSSR count). The lowest BCUT2D eigenvalue weighted by molar-refractivity contribution is 0.0681. The predicted molar refractivity (Wildman–Crippen MR) is 88.3 cm³/mol. The van der Waals surface area contributed by atoms with Crippen molar-refractivity contribution in [2.24, 2.45) is 0 Å². The van der Waals surface area contributed by atoms with E-state index >= 15 is 0 Å². The molecule has 2 aromatic carbocycles. The molecule has 0 radical (unpaired) electrons. The topological polar surface area (TPSA) is 125 Å². The predicted octanol–water partition coefficient (Wildman–Crippen LogP) is 3.52. The van der Waals surface area contributed by atoms with E-state index in [0.29, 0.717) is 5.58 Å². The van der Waals surface area contributed by atoms with E-state index < -0.39 is 17.9 Å². The monoisotopic (exact) mass is 342 g/mol. The zero-order valence-corrected chi connectivity index (χ0v) is 13.1. The Morgan fingerprint density at radius 2 is 1.44 bits per heavy atom. The highest BCUT2D eigenvalue weighted by atomic mass is 16.4. The van der Waals surface area contributed by atoms with Gasteiger partial charge in [0.1, 0.15) is 5.58 Å². The fourth-order valence-corrected chi connectivity index (χ4v) is 2.20. The first-order valence-electron chi connectivity index (χ1n) is 7.08. The van der Waals surface area contributed by atoms with Gasteiger partial charge >= 0.3 is 17.9 Å². The van der Waals surface area contributed by atoms with Crippen molar-refractivity contribution in [2.45, 2.75) is 6.92 Å². The molecule has 25 heavy (non-hydrogen) atoms. The second kappa shape index (κ2) is 7.31. The number of carboxylic acid groups (broad SMARTS) is 3. The van der Waals surface area contributed by atoms with Crippen LogP contribution in [-0.2, 0) is 0 Å². The van der Waals surface area contributed by atoms with Crippen LogP contribution in [0.15, 0.2) is 53.1 Å². The summed E-state index contributed by atoms with van der Waals surface area (Å²) in [5.41, 5.74) is 1.33. The van der Waals surface area contributed by atoms with Gasteiger partial charge in [-0.15, -0.1) is 0 Å². The van der Waals surface area contributed by atoms with Gasteiger partial charge in [0.15, 0.2) is 0 Å². The largest absolute Gasteiger partial charge is 0.478 e. The number of carboxylic acids is 3.